The van der Waals surface area contributed by atoms with Gasteiger partial charge in [-0.05, 0) is 31.5 Å². The molecule has 4 heteroatoms. The van der Waals surface area contributed by atoms with Crippen LogP contribution in [0.25, 0.3) is 0 Å². The van der Waals surface area contributed by atoms with E-state index in [9.17, 15) is 4.79 Å². The van der Waals surface area contributed by atoms with Crippen molar-refractivity contribution in [3.8, 4) is 0 Å². The molecular formula is C12H14ClNO2. The zero-order valence-electron chi connectivity index (χ0n) is 9.37. The van der Waals surface area contributed by atoms with Crippen LogP contribution in [-0.2, 0) is 9.53 Å². The summed E-state index contributed by atoms with van der Waals surface area (Å²) in [5.41, 5.74) is 2.02. The molecule has 1 fully saturated rings. The molecule has 3 nitrogen and oxygen atoms in total. The summed E-state index contributed by atoms with van der Waals surface area (Å²) in [7, 11) is 0. The SMILES string of the molecule is CCOC(=O)C1CN1c1ccc(C)c(Cl)c1. The molecule has 1 heterocycles. The minimum Gasteiger partial charge on any atom is -0.464 e. The lowest BCUT2D eigenvalue weighted by molar-refractivity contribution is -0.142. The largest absolute Gasteiger partial charge is 0.464 e. The van der Waals surface area contributed by atoms with Crippen molar-refractivity contribution in [1.82, 2.24) is 0 Å². The molecule has 0 radical (unpaired) electrons. The number of carbonyl (C=O) groups excluding carboxylic acids is 1. The van der Waals surface area contributed by atoms with Crippen molar-refractivity contribution in [2.24, 2.45) is 0 Å². The van der Waals surface area contributed by atoms with Crippen molar-refractivity contribution in [3.05, 3.63) is 28.8 Å². The number of nitrogens with zero attached hydrogens (tertiary/aromatic N) is 1. The minimum absolute atomic E-state index is 0.126. The van der Waals surface area contributed by atoms with E-state index in [0.29, 0.717) is 6.61 Å². The fourth-order valence-corrected chi connectivity index (χ4v) is 1.80. The summed E-state index contributed by atoms with van der Waals surface area (Å²) < 4.78 is 4.96. The van der Waals surface area contributed by atoms with Crippen LogP contribution in [-0.4, -0.2) is 25.2 Å². The first kappa shape index (κ1) is 11.3. The van der Waals surface area contributed by atoms with E-state index < -0.39 is 0 Å². The number of rotatable bonds is 3. The average Bonchev–Trinajstić information content (AvgIpc) is 3.02. The molecule has 1 atom stereocenters. The number of ether oxygens (including phenoxy) is 1. The molecule has 1 saturated heterocycles. The lowest BCUT2D eigenvalue weighted by atomic mass is 10.2. The molecule has 0 aromatic heterocycles. The Kier molecular flexibility index (Phi) is 3.06. The van der Waals surface area contributed by atoms with Gasteiger partial charge in [0, 0.05) is 10.7 Å². The molecule has 0 saturated carbocycles. The summed E-state index contributed by atoms with van der Waals surface area (Å²) in [6.07, 6.45) is 0. The summed E-state index contributed by atoms with van der Waals surface area (Å²) in [6, 6.07) is 5.69. The molecule has 1 aromatic carbocycles. The van der Waals surface area contributed by atoms with Gasteiger partial charge in [-0.15, -0.1) is 0 Å². The Morgan fingerprint density at radius 1 is 1.62 bits per heavy atom. The van der Waals surface area contributed by atoms with Crippen LogP contribution in [0, 0.1) is 6.92 Å². The smallest absolute Gasteiger partial charge is 0.330 e. The van der Waals surface area contributed by atoms with Crippen LogP contribution in [0.1, 0.15) is 12.5 Å². The van der Waals surface area contributed by atoms with Gasteiger partial charge in [0.2, 0.25) is 0 Å². The molecule has 1 aromatic rings. The van der Waals surface area contributed by atoms with Gasteiger partial charge in [-0.3, -0.25) is 0 Å². The van der Waals surface area contributed by atoms with Gasteiger partial charge in [0.15, 0.2) is 0 Å². The Bertz CT molecular complexity index is 419. The van der Waals surface area contributed by atoms with Crippen LogP contribution in [0.2, 0.25) is 5.02 Å². The van der Waals surface area contributed by atoms with Crippen molar-refractivity contribution in [2.45, 2.75) is 19.9 Å². The summed E-state index contributed by atoms with van der Waals surface area (Å²) >= 11 is 6.03. The first-order valence-electron chi connectivity index (χ1n) is 5.33. The van der Waals surface area contributed by atoms with Gasteiger partial charge in [0.1, 0.15) is 6.04 Å². The number of esters is 1. The number of aryl methyl sites for hydroxylation is 1. The maximum atomic E-state index is 11.4. The summed E-state index contributed by atoms with van der Waals surface area (Å²) in [4.78, 5) is 13.4. The third kappa shape index (κ3) is 2.14. The van der Waals surface area contributed by atoms with Gasteiger partial charge < -0.3 is 9.64 Å². The van der Waals surface area contributed by atoms with Crippen molar-refractivity contribution < 1.29 is 9.53 Å². The molecule has 1 unspecified atom stereocenters. The van der Waals surface area contributed by atoms with E-state index in [4.69, 9.17) is 16.3 Å². The third-order valence-corrected chi connectivity index (χ3v) is 3.07. The van der Waals surface area contributed by atoms with Gasteiger partial charge in [-0.25, -0.2) is 4.79 Å². The Balaban J connectivity index is 2.06. The van der Waals surface area contributed by atoms with E-state index in [2.05, 4.69) is 0 Å². The second-order valence-corrected chi connectivity index (χ2v) is 4.26. The Labute approximate surface area is 100.0 Å². The van der Waals surface area contributed by atoms with Crippen molar-refractivity contribution in [3.63, 3.8) is 0 Å². The van der Waals surface area contributed by atoms with Crippen LogP contribution >= 0.6 is 11.6 Å². The van der Waals surface area contributed by atoms with Crippen molar-refractivity contribution in [2.75, 3.05) is 18.1 Å². The Morgan fingerprint density at radius 2 is 2.38 bits per heavy atom. The van der Waals surface area contributed by atoms with Gasteiger partial charge >= 0.3 is 5.97 Å². The summed E-state index contributed by atoms with van der Waals surface area (Å²) in [5, 5.41) is 0.729. The topological polar surface area (TPSA) is 29.3 Å². The molecule has 0 N–H and O–H groups in total. The maximum Gasteiger partial charge on any atom is 0.330 e. The van der Waals surface area contributed by atoms with Crippen LogP contribution < -0.4 is 4.90 Å². The third-order valence-electron chi connectivity index (χ3n) is 2.66. The summed E-state index contributed by atoms with van der Waals surface area (Å²) in [5.74, 6) is -0.154. The second kappa shape index (κ2) is 4.34. The monoisotopic (exact) mass is 239 g/mol. The molecule has 1 aliphatic rings. The highest BCUT2D eigenvalue weighted by molar-refractivity contribution is 6.31. The van der Waals surface area contributed by atoms with Crippen molar-refractivity contribution in [1.29, 1.82) is 0 Å². The quantitative estimate of drug-likeness (QED) is 0.599. The predicted octanol–water partition coefficient (Wildman–Crippen LogP) is 2.40. The number of hydrogen-bond donors (Lipinski definition) is 0. The highest BCUT2D eigenvalue weighted by Crippen LogP contribution is 2.31. The van der Waals surface area contributed by atoms with Gasteiger partial charge in [0.25, 0.3) is 0 Å². The van der Waals surface area contributed by atoms with Crippen molar-refractivity contribution >= 4 is 23.3 Å². The minimum atomic E-state index is -0.154. The number of benzene rings is 1. The average molecular weight is 240 g/mol. The molecule has 0 bridgehead atoms. The molecule has 0 amide bonds. The van der Waals surface area contributed by atoms with Gasteiger partial charge in [0.05, 0.1) is 13.2 Å². The lowest BCUT2D eigenvalue weighted by Crippen LogP contribution is -2.15. The van der Waals surface area contributed by atoms with E-state index >= 15 is 0 Å². The number of anilines is 1. The highest BCUT2D eigenvalue weighted by Gasteiger charge is 2.41. The van der Waals surface area contributed by atoms with E-state index in [1.54, 1.807) is 0 Å². The van der Waals surface area contributed by atoms with Crippen LogP contribution in [0.15, 0.2) is 18.2 Å². The fourth-order valence-electron chi connectivity index (χ4n) is 1.63. The van der Waals surface area contributed by atoms with Crippen LogP contribution in [0.4, 0.5) is 5.69 Å². The normalized spacial score (nSPS) is 18.4. The van der Waals surface area contributed by atoms with Gasteiger partial charge in [-0.2, -0.15) is 0 Å². The molecular weight excluding hydrogens is 226 g/mol. The molecule has 0 aliphatic carbocycles. The second-order valence-electron chi connectivity index (χ2n) is 3.85. The first-order chi connectivity index (χ1) is 7.63. The highest BCUT2D eigenvalue weighted by atomic mass is 35.5. The molecule has 1 aliphatic heterocycles. The Morgan fingerprint density at radius 3 is 3.00 bits per heavy atom. The Hall–Kier alpha value is -1.22. The van der Waals surface area contributed by atoms with Gasteiger partial charge in [-0.1, -0.05) is 17.7 Å². The number of hydrogen-bond acceptors (Lipinski definition) is 3. The molecule has 16 heavy (non-hydrogen) atoms. The number of halogens is 1. The molecule has 0 spiro atoms. The standard InChI is InChI=1S/C12H14ClNO2/c1-3-16-12(15)11-7-14(11)9-5-4-8(2)10(13)6-9/h4-6,11H,3,7H2,1-2H3. The summed E-state index contributed by atoms with van der Waals surface area (Å²) in [6.45, 7) is 4.92. The van der Waals surface area contributed by atoms with Crippen LogP contribution in [0.5, 0.6) is 0 Å². The van der Waals surface area contributed by atoms with Crippen LogP contribution in [0.3, 0.4) is 0 Å². The van der Waals surface area contributed by atoms with E-state index in [1.807, 2.05) is 36.9 Å². The maximum absolute atomic E-state index is 11.4. The predicted molar refractivity (Wildman–Crippen MR) is 64.0 cm³/mol. The van der Waals surface area contributed by atoms with E-state index in [1.165, 1.54) is 0 Å². The van der Waals surface area contributed by atoms with E-state index in [0.717, 1.165) is 22.8 Å². The molecule has 86 valence electrons. The number of carbonyl (C=O) groups is 1. The fraction of sp³-hybridized carbons (Fsp3) is 0.417. The lowest BCUT2D eigenvalue weighted by Gasteiger charge is -2.07. The first-order valence-corrected chi connectivity index (χ1v) is 5.70. The zero-order valence-corrected chi connectivity index (χ0v) is 10.1. The molecule has 2 rings (SSSR count). The zero-order chi connectivity index (χ0) is 11.7. The van der Waals surface area contributed by atoms with E-state index in [-0.39, 0.29) is 12.0 Å².